The number of anilines is 3. The molecule has 1 unspecified atom stereocenters. The molecule has 2 heterocycles. The molecule has 2 aliphatic carbocycles. The van der Waals surface area contributed by atoms with Crippen molar-refractivity contribution in [1.82, 2.24) is 9.97 Å². The molecule has 0 spiro atoms. The normalized spacial score (nSPS) is 23.0. The monoisotopic (exact) mass is 373 g/mol. The molecule has 1 atom stereocenters. The third-order valence-electron chi connectivity index (χ3n) is 6.14. The molecular formula is C20H35N7. The first-order chi connectivity index (χ1) is 13.3. The van der Waals surface area contributed by atoms with Crippen molar-refractivity contribution < 1.29 is 0 Å². The van der Waals surface area contributed by atoms with Gasteiger partial charge in [-0.3, -0.25) is 5.41 Å². The maximum absolute atomic E-state index is 7.81. The fraction of sp³-hybridized carbons (Fsp3) is 0.750. The lowest BCUT2D eigenvalue weighted by Crippen LogP contribution is -2.52. The zero-order valence-electron chi connectivity index (χ0n) is 16.8. The summed E-state index contributed by atoms with van der Waals surface area (Å²) in [6.07, 6.45) is 14.6. The molecule has 150 valence electrons. The van der Waals surface area contributed by atoms with Gasteiger partial charge in [0.05, 0.1) is 12.5 Å². The van der Waals surface area contributed by atoms with Crippen LogP contribution in [-0.4, -0.2) is 48.0 Å². The molecule has 0 amide bonds. The van der Waals surface area contributed by atoms with Crippen LogP contribution in [0.5, 0.6) is 0 Å². The largest absolute Gasteiger partial charge is 0.351 e. The van der Waals surface area contributed by atoms with E-state index in [0.717, 1.165) is 30.4 Å². The number of nitrogens with zero attached hydrogens (tertiary/aromatic N) is 4. The fourth-order valence-corrected chi connectivity index (χ4v) is 4.77. The van der Waals surface area contributed by atoms with Crippen LogP contribution in [0.2, 0.25) is 0 Å². The maximum Gasteiger partial charge on any atom is 0.224 e. The van der Waals surface area contributed by atoms with Gasteiger partial charge in [-0.2, -0.15) is 4.98 Å². The van der Waals surface area contributed by atoms with Gasteiger partial charge in [-0.05, 0) is 39.2 Å². The van der Waals surface area contributed by atoms with E-state index >= 15 is 0 Å². The van der Waals surface area contributed by atoms with Gasteiger partial charge >= 0.3 is 0 Å². The van der Waals surface area contributed by atoms with Crippen LogP contribution in [0.25, 0.3) is 0 Å². The van der Waals surface area contributed by atoms with E-state index in [1.165, 1.54) is 64.8 Å². The van der Waals surface area contributed by atoms with E-state index < -0.39 is 0 Å². The Hall–Kier alpha value is -1.89. The average Bonchev–Trinajstić information content (AvgIpc) is 3.42. The van der Waals surface area contributed by atoms with E-state index in [1.54, 1.807) is 0 Å². The summed E-state index contributed by atoms with van der Waals surface area (Å²) < 4.78 is 0. The van der Waals surface area contributed by atoms with Crippen molar-refractivity contribution in [1.29, 1.82) is 5.41 Å². The number of hydrogen-bond acceptors (Lipinski definition) is 6. The van der Waals surface area contributed by atoms with Crippen LogP contribution in [0.15, 0.2) is 6.20 Å². The first-order valence-corrected chi connectivity index (χ1v) is 10.6. The van der Waals surface area contributed by atoms with Crippen LogP contribution >= 0.6 is 0 Å². The lowest BCUT2D eigenvalue weighted by molar-refractivity contribution is 0.483. The summed E-state index contributed by atoms with van der Waals surface area (Å²) in [5.41, 5.74) is 5.49. The Balaban J connectivity index is 0.00000102. The Bertz CT molecular complexity index is 608. The van der Waals surface area contributed by atoms with Crippen molar-refractivity contribution >= 4 is 23.8 Å². The van der Waals surface area contributed by atoms with Crippen molar-refractivity contribution in [2.75, 3.05) is 28.7 Å². The molecule has 1 aromatic rings. The van der Waals surface area contributed by atoms with Crippen LogP contribution in [-0.2, 0) is 0 Å². The third-order valence-corrected chi connectivity index (χ3v) is 6.14. The molecule has 27 heavy (non-hydrogen) atoms. The lowest BCUT2D eigenvalue weighted by Gasteiger charge is -2.45. The summed E-state index contributed by atoms with van der Waals surface area (Å²) in [6, 6.07) is 1.53. The molecule has 3 aliphatic rings. The number of nitrogens with one attached hydrogen (secondary N) is 2. The molecular weight excluding hydrogens is 338 g/mol. The lowest BCUT2D eigenvalue weighted by atomic mass is 10.0. The number of rotatable bonds is 5. The average molecular weight is 374 g/mol. The van der Waals surface area contributed by atoms with Crippen LogP contribution in [0.1, 0.15) is 64.7 Å². The first kappa shape index (κ1) is 19.9. The highest BCUT2D eigenvalue weighted by molar-refractivity contribution is 5.85. The minimum Gasteiger partial charge on any atom is -0.351 e. The molecule has 7 heteroatoms. The molecule has 4 rings (SSSR count). The van der Waals surface area contributed by atoms with Crippen molar-refractivity contribution in [3.8, 4) is 0 Å². The van der Waals surface area contributed by atoms with Crippen LogP contribution < -0.4 is 20.9 Å². The number of aromatic nitrogens is 2. The Kier molecular flexibility index (Phi) is 6.88. The second-order valence-electron chi connectivity index (χ2n) is 7.72. The van der Waals surface area contributed by atoms with Crippen LogP contribution in [0.4, 0.5) is 17.5 Å². The van der Waals surface area contributed by atoms with Gasteiger partial charge < -0.3 is 20.9 Å². The highest BCUT2D eigenvalue weighted by atomic mass is 15.4. The van der Waals surface area contributed by atoms with Gasteiger partial charge in [0.1, 0.15) is 5.69 Å². The Morgan fingerprint density at radius 3 is 2.48 bits per heavy atom. The molecule has 2 fully saturated rings. The molecule has 0 saturated heterocycles. The van der Waals surface area contributed by atoms with Crippen molar-refractivity contribution in [3.63, 3.8) is 0 Å². The molecule has 0 radical (unpaired) electrons. The van der Waals surface area contributed by atoms with Gasteiger partial charge in [-0.25, -0.2) is 4.98 Å². The molecule has 1 aliphatic heterocycles. The summed E-state index contributed by atoms with van der Waals surface area (Å²) in [6.45, 7) is 3.11. The Morgan fingerprint density at radius 1 is 1.19 bits per heavy atom. The van der Waals surface area contributed by atoms with Gasteiger partial charge in [0.15, 0.2) is 5.82 Å². The molecule has 0 aromatic carbocycles. The van der Waals surface area contributed by atoms with Crippen molar-refractivity contribution in [2.45, 2.75) is 82.8 Å². The highest BCUT2D eigenvalue weighted by Gasteiger charge is 2.36. The second-order valence-corrected chi connectivity index (χ2v) is 7.72. The fourth-order valence-electron chi connectivity index (χ4n) is 4.77. The predicted octanol–water partition coefficient (Wildman–Crippen LogP) is 3.36. The highest BCUT2D eigenvalue weighted by Crippen LogP contribution is 2.39. The van der Waals surface area contributed by atoms with Gasteiger partial charge in [0.2, 0.25) is 5.95 Å². The number of nitrogens with two attached hydrogens (primary N) is 1. The van der Waals surface area contributed by atoms with E-state index in [0.29, 0.717) is 18.1 Å². The SMILES string of the molecule is CCC1CN(C=N)c2cnc(NC3CCCC3)nc2N1C1CCCC1.CN. The molecule has 4 N–H and O–H groups in total. The molecule has 0 bridgehead atoms. The number of hydrogen-bond donors (Lipinski definition) is 3. The van der Waals surface area contributed by atoms with E-state index in [2.05, 4.69) is 27.9 Å². The topological polar surface area (TPSA) is 94.2 Å². The standard InChI is InChI=1S/C19H30N6.CH5N/c1-2-15-12-24(13-20)17-11-21-19(22-14-7-3-4-8-14)23-18(17)25(15)16-9-5-6-10-16;1-2/h11,13-16,20H,2-10,12H2,1H3,(H,21,22,23);2H2,1H3. The summed E-state index contributed by atoms with van der Waals surface area (Å²) >= 11 is 0. The maximum atomic E-state index is 7.81. The van der Waals surface area contributed by atoms with E-state index in [-0.39, 0.29) is 0 Å². The van der Waals surface area contributed by atoms with Crippen molar-refractivity contribution in [3.05, 3.63) is 6.20 Å². The summed E-state index contributed by atoms with van der Waals surface area (Å²) in [5.74, 6) is 1.79. The van der Waals surface area contributed by atoms with Crippen LogP contribution in [0.3, 0.4) is 0 Å². The molecule has 2 saturated carbocycles. The second kappa shape index (κ2) is 9.35. The summed E-state index contributed by atoms with van der Waals surface area (Å²) in [4.78, 5) is 14.1. The predicted molar refractivity (Wildman–Crippen MR) is 113 cm³/mol. The van der Waals surface area contributed by atoms with E-state index in [1.807, 2.05) is 11.1 Å². The van der Waals surface area contributed by atoms with Gasteiger partial charge in [-0.1, -0.05) is 32.6 Å². The Labute approximate surface area is 163 Å². The zero-order valence-corrected chi connectivity index (χ0v) is 16.8. The molecule has 7 nitrogen and oxygen atoms in total. The van der Waals surface area contributed by atoms with Crippen LogP contribution in [0, 0.1) is 5.41 Å². The third kappa shape index (κ3) is 4.18. The van der Waals surface area contributed by atoms with Gasteiger partial charge in [-0.15, -0.1) is 0 Å². The first-order valence-electron chi connectivity index (χ1n) is 10.6. The summed E-state index contributed by atoms with van der Waals surface area (Å²) in [5, 5.41) is 11.4. The van der Waals surface area contributed by atoms with E-state index in [4.69, 9.17) is 10.4 Å². The van der Waals surface area contributed by atoms with Gasteiger partial charge in [0.25, 0.3) is 0 Å². The van der Waals surface area contributed by atoms with Crippen molar-refractivity contribution in [2.24, 2.45) is 5.73 Å². The molecule has 1 aromatic heterocycles. The summed E-state index contributed by atoms with van der Waals surface area (Å²) in [7, 11) is 1.50. The van der Waals surface area contributed by atoms with Gasteiger partial charge in [0, 0.05) is 24.7 Å². The minimum absolute atomic E-state index is 0.423. The quantitative estimate of drug-likeness (QED) is 0.541. The van der Waals surface area contributed by atoms with E-state index in [9.17, 15) is 0 Å². The number of fused-ring (bicyclic) bond motifs is 1. The smallest absolute Gasteiger partial charge is 0.224 e. The zero-order chi connectivity index (χ0) is 19.2. The minimum atomic E-state index is 0.423. The Morgan fingerprint density at radius 2 is 1.85 bits per heavy atom.